The van der Waals surface area contributed by atoms with Crippen LogP contribution in [0.4, 0.5) is 0 Å². The van der Waals surface area contributed by atoms with Crippen LogP contribution >= 0.6 is 12.4 Å². The SMILES string of the molecule is CC(NC(=O)c1ccco1)C(=O)NC(C)(C)CN.Cl. The Morgan fingerprint density at radius 2 is 2.11 bits per heavy atom. The largest absolute Gasteiger partial charge is 0.459 e. The van der Waals surface area contributed by atoms with E-state index in [9.17, 15) is 9.59 Å². The number of nitrogens with one attached hydrogen (secondary N) is 2. The van der Waals surface area contributed by atoms with Crippen molar-refractivity contribution in [3.63, 3.8) is 0 Å². The van der Waals surface area contributed by atoms with Gasteiger partial charge in [-0.15, -0.1) is 12.4 Å². The van der Waals surface area contributed by atoms with Crippen LogP contribution < -0.4 is 16.4 Å². The fourth-order valence-corrected chi connectivity index (χ4v) is 1.23. The van der Waals surface area contributed by atoms with Crippen LogP contribution in [0.2, 0.25) is 0 Å². The van der Waals surface area contributed by atoms with Crippen molar-refractivity contribution in [1.82, 2.24) is 10.6 Å². The molecule has 1 atom stereocenters. The molecule has 7 heteroatoms. The molecule has 1 unspecified atom stereocenters. The Balaban J connectivity index is 0.00000324. The number of carbonyl (C=O) groups excluding carboxylic acids is 2. The second-order valence-electron chi connectivity index (χ2n) is 4.75. The molecule has 1 rings (SSSR count). The molecule has 0 bridgehead atoms. The monoisotopic (exact) mass is 289 g/mol. The van der Waals surface area contributed by atoms with Crippen LogP contribution in [0, 0.1) is 0 Å². The average molecular weight is 290 g/mol. The lowest BCUT2D eigenvalue weighted by Gasteiger charge is -2.26. The predicted octanol–water partition coefficient (Wildman–Crippen LogP) is 0.673. The van der Waals surface area contributed by atoms with Crippen molar-refractivity contribution < 1.29 is 14.0 Å². The maximum absolute atomic E-state index is 11.8. The van der Waals surface area contributed by atoms with E-state index in [-0.39, 0.29) is 24.1 Å². The highest BCUT2D eigenvalue weighted by Crippen LogP contribution is 2.02. The van der Waals surface area contributed by atoms with Crippen LogP contribution in [0.15, 0.2) is 22.8 Å². The number of hydrogen-bond acceptors (Lipinski definition) is 4. The highest BCUT2D eigenvalue weighted by atomic mass is 35.5. The molecule has 19 heavy (non-hydrogen) atoms. The molecule has 4 N–H and O–H groups in total. The second kappa shape index (κ2) is 7.16. The molecule has 0 aliphatic carbocycles. The molecular formula is C12H20ClN3O3. The van der Waals surface area contributed by atoms with Gasteiger partial charge in [-0.3, -0.25) is 9.59 Å². The molecule has 0 spiro atoms. The molecule has 1 heterocycles. The fraction of sp³-hybridized carbons (Fsp3) is 0.500. The lowest BCUT2D eigenvalue weighted by atomic mass is 10.1. The van der Waals surface area contributed by atoms with Gasteiger partial charge in [0.05, 0.1) is 6.26 Å². The van der Waals surface area contributed by atoms with E-state index in [2.05, 4.69) is 10.6 Å². The minimum absolute atomic E-state index is 0. The smallest absolute Gasteiger partial charge is 0.287 e. The number of amides is 2. The van der Waals surface area contributed by atoms with E-state index in [1.165, 1.54) is 12.3 Å². The van der Waals surface area contributed by atoms with E-state index in [4.69, 9.17) is 10.2 Å². The molecule has 1 aromatic rings. The minimum Gasteiger partial charge on any atom is -0.459 e. The van der Waals surface area contributed by atoms with Crippen molar-refractivity contribution >= 4 is 24.2 Å². The molecule has 0 aromatic carbocycles. The maximum Gasteiger partial charge on any atom is 0.287 e. The summed E-state index contributed by atoms with van der Waals surface area (Å²) in [6, 6.07) is 2.48. The number of hydrogen-bond donors (Lipinski definition) is 3. The Labute approximate surface area is 118 Å². The molecule has 0 radical (unpaired) electrons. The number of halogens is 1. The lowest BCUT2D eigenvalue weighted by molar-refractivity contribution is -0.124. The van der Waals surface area contributed by atoms with E-state index >= 15 is 0 Å². The first-order valence-corrected chi connectivity index (χ1v) is 5.72. The Bertz CT molecular complexity index is 418. The first-order valence-electron chi connectivity index (χ1n) is 5.72. The second-order valence-corrected chi connectivity index (χ2v) is 4.75. The van der Waals surface area contributed by atoms with Gasteiger partial charge in [0, 0.05) is 12.1 Å². The average Bonchev–Trinajstić information content (AvgIpc) is 2.81. The van der Waals surface area contributed by atoms with Crippen molar-refractivity contribution in [3.8, 4) is 0 Å². The summed E-state index contributed by atoms with van der Waals surface area (Å²) < 4.78 is 4.93. The maximum atomic E-state index is 11.8. The molecule has 2 amide bonds. The number of furan rings is 1. The van der Waals surface area contributed by atoms with Crippen molar-refractivity contribution in [2.45, 2.75) is 32.4 Å². The molecule has 108 valence electrons. The van der Waals surface area contributed by atoms with E-state index in [0.29, 0.717) is 6.54 Å². The lowest BCUT2D eigenvalue weighted by Crippen LogP contribution is -2.54. The molecule has 0 fully saturated rings. The Morgan fingerprint density at radius 1 is 1.47 bits per heavy atom. The zero-order valence-corrected chi connectivity index (χ0v) is 12.0. The summed E-state index contributed by atoms with van der Waals surface area (Å²) in [5, 5.41) is 5.29. The fourth-order valence-electron chi connectivity index (χ4n) is 1.23. The summed E-state index contributed by atoms with van der Waals surface area (Å²) in [6.45, 7) is 5.54. The third-order valence-corrected chi connectivity index (χ3v) is 2.46. The van der Waals surface area contributed by atoms with E-state index in [0.717, 1.165) is 0 Å². The first-order chi connectivity index (χ1) is 8.35. The van der Waals surface area contributed by atoms with Crippen LogP contribution in [-0.2, 0) is 4.79 Å². The molecule has 0 aliphatic heterocycles. The van der Waals surface area contributed by atoms with E-state index in [1.807, 2.05) is 13.8 Å². The minimum atomic E-state index is -0.659. The Hall–Kier alpha value is -1.53. The molecule has 1 aromatic heterocycles. The summed E-state index contributed by atoms with van der Waals surface area (Å²) >= 11 is 0. The van der Waals surface area contributed by atoms with Crippen LogP contribution in [0.1, 0.15) is 31.3 Å². The highest BCUT2D eigenvalue weighted by molar-refractivity contribution is 5.95. The number of rotatable bonds is 5. The third kappa shape index (κ3) is 5.32. The van der Waals surface area contributed by atoms with Crippen LogP contribution in [0.25, 0.3) is 0 Å². The standard InChI is InChI=1S/C12H19N3O3.ClH/c1-8(10(16)15-12(2,3)7-13)14-11(17)9-5-4-6-18-9;/h4-6,8H,7,13H2,1-3H3,(H,14,17)(H,15,16);1H. The van der Waals surface area contributed by atoms with Gasteiger partial charge in [-0.1, -0.05) is 0 Å². The summed E-state index contributed by atoms with van der Waals surface area (Å²) in [7, 11) is 0. The predicted molar refractivity (Wildman–Crippen MR) is 74.2 cm³/mol. The molecule has 0 saturated carbocycles. The topological polar surface area (TPSA) is 97.4 Å². The van der Waals surface area contributed by atoms with Gasteiger partial charge in [0.25, 0.3) is 5.91 Å². The summed E-state index contributed by atoms with van der Waals surface area (Å²) in [5.74, 6) is -0.536. The summed E-state index contributed by atoms with van der Waals surface area (Å²) in [5.41, 5.74) is 5.02. The van der Waals surface area contributed by atoms with Gasteiger partial charge < -0.3 is 20.8 Å². The van der Waals surface area contributed by atoms with Crippen molar-refractivity contribution in [1.29, 1.82) is 0 Å². The van der Waals surface area contributed by atoms with Gasteiger partial charge in [0.2, 0.25) is 5.91 Å². The van der Waals surface area contributed by atoms with Crippen molar-refractivity contribution in [2.75, 3.05) is 6.54 Å². The van der Waals surface area contributed by atoms with E-state index < -0.39 is 17.5 Å². The van der Waals surface area contributed by atoms with Crippen LogP contribution in [0.3, 0.4) is 0 Å². The van der Waals surface area contributed by atoms with Gasteiger partial charge in [-0.05, 0) is 32.9 Å². The van der Waals surface area contributed by atoms with Crippen molar-refractivity contribution in [2.24, 2.45) is 5.73 Å². The zero-order valence-electron chi connectivity index (χ0n) is 11.2. The normalized spacial score (nSPS) is 12.2. The van der Waals surface area contributed by atoms with Gasteiger partial charge in [-0.25, -0.2) is 0 Å². The molecular weight excluding hydrogens is 270 g/mol. The van der Waals surface area contributed by atoms with Crippen LogP contribution in [-0.4, -0.2) is 29.9 Å². The van der Waals surface area contributed by atoms with Gasteiger partial charge in [0.15, 0.2) is 5.76 Å². The highest BCUT2D eigenvalue weighted by Gasteiger charge is 2.23. The summed E-state index contributed by atoms with van der Waals surface area (Å²) in [6.07, 6.45) is 1.40. The van der Waals surface area contributed by atoms with Gasteiger partial charge >= 0.3 is 0 Å². The Kier molecular flexibility index (Phi) is 6.58. The van der Waals surface area contributed by atoms with E-state index in [1.54, 1.807) is 13.0 Å². The third-order valence-electron chi connectivity index (χ3n) is 2.46. The quantitative estimate of drug-likeness (QED) is 0.742. The van der Waals surface area contributed by atoms with Gasteiger partial charge in [0.1, 0.15) is 6.04 Å². The van der Waals surface area contributed by atoms with Crippen molar-refractivity contribution in [3.05, 3.63) is 24.2 Å². The zero-order chi connectivity index (χ0) is 13.8. The molecule has 0 aliphatic rings. The number of nitrogens with two attached hydrogens (primary N) is 1. The summed E-state index contributed by atoms with van der Waals surface area (Å²) in [4.78, 5) is 23.5. The molecule has 0 saturated heterocycles. The van der Waals surface area contributed by atoms with Gasteiger partial charge in [-0.2, -0.15) is 0 Å². The molecule has 6 nitrogen and oxygen atoms in total. The van der Waals surface area contributed by atoms with Crippen LogP contribution in [0.5, 0.6) is 0 Å². The first kappa shape index (κ1) is 17.5. The Morgan fingerprint density at radius 3 is 2.58 bits per heavy atom. The number of carbonyl (C=O) groups is 2.